The van der Waals surface area contributed by atoms with E-state index in [0.717, 1.165) is 24.3 Å². The van der Waals surface area contributed by atoms with Crippen molar-refractivity contribution in [3.63, 3.8) is 0 Å². The van der Waals surface area contributed by atoms with Gasteiger partial charge in [0, 0.05) is 17.1 Å². The standard InChI is InChI=1S/C17H19NOS/c19-20(16-11-5-2-6-12-16)17-13-7-8-14-18(17)15-9-3-1-4-10-15/h1-6,9-12,17H,7-8,13-14H2. The minimum atomic E-state index is -0.974. The lowest BCUT2D eigenvalue weighted by atomic mass is 10.1. The molecular weight excluding hydrogens is 266 g/mol. The molecule has 20 heavy (non-hydrogen) atoms. The lowest BCUT2D eigenvalue weighted by Crippen LogP contribution is -2.42. The van der Waals surface area contributed by atoms with E-state index in [1.807, 2.05) is 48.5 Å². The molecule has 1 aliphatic rings. The number of hydrogen-bond acceptors (Lipinski definition) is 2. The Hall–Kier alpha value is -1.61. The van der Waals surface area contributed by atoms with Crippen LogP contribution in [0, 0.1) is 0 Å². The Bertz CT molecular complexity index is 570. The maximum Gasteiger partial charge on any atom is 0.109 e. The molecule has 1 fully saturated rings. The van der Waals surface area contributed by atoms with E-state index in [1.54, 1.807) is 0 Å². The van der Waals surface area contributed by atoms with Gasteiger partial charge in [0.1, 0.15) is 5.37 Å². The summed E-state index contributed by atoms with van der Waals surface area (Å²) in [5.41, 5.74) is 1.18. The van der Waals surface area contributed by atoms with Crippen LogP contribution < -0.4 is 4.90 Å². The fraction of sp³-hybridized carbons (Fsp3) is 0.294. The van der Waals surface area contributed by atoms with Gasteiger partial charge >= 0.3 is 0 Å². The van der Waals surface area contributed by atoms with Crippen molar-refractivity contribution in [2.24, 2.45) is 0 Å². The van der Waals surface area contributed by atoms with Crippen LogP contribution in [0.15, 0.2) is 65.6 Å². The summed E-state index contributed by atoms with van der Waals surface area (Å²) in [6.45, 7) is 0.993. The highest BCUT2D eigenvalue weighted by Gasteiger charge is 2.28. The molecular formula is C17H19NOS. The molecule has 2 aromatic carbocycles. The van der Waals surface area contributed by atoms with Crippen LogP contribution in [0.4, 0.5) is 5.69 Å². The summed E-state index contributed by atoms with van der Waals surface area (Å²) in [4.78, 5) is 3.24. The second-order valence-corrected chi connectivity index (χ2v) is 6.70. The first-order valence-corrected chi connectivity index (χ1v) is 8.35. The molecule has 2 nitrogen and oxygen atoms in total. The Kier molecular flexibility index (Phi) is 4.16. The van der Waals surface area contributed by atoms with Crippen LogP contribution in [-0.4, -0.2) is 16.1 Å². The normalized spacial score (nSPS) is 20.6. The molecule has 104 valence electrons. The van der Waals surface area contributed by atoms with Gasteiger partial charge in [-0.05, 0) is 43.5 Å². The van der Waals surface area contributed by atoms with E-state index in [2.05, 4.69) is 17.0 Å². The van der Waals surface area contributed by atoms with Gasteiger partial charge in [-0.2, -0.15) is 0 Å². The highest BCUT2D eigenvalue weighted by atomic mass is 32.2. The molecule has 3 heteroatoms. The average molecular weight is 285 g/mol. The van der Waals surface area contributed by atoms with E-state index in [4.69, 9.17) is 0 Å². The summed E-state index contributed by atoms with van der Waals surface area (Å²) < 4.78 is 12.9. The summed E-state index contributed by atoms with van der Waals surface area (Å²) in [5.74, 6) is 0. The van der Waals surface area contributed by atoms with Crippen LogP contribution in [0.5, 0.6) is 0 Å². The molecule has 3 rings (SSSR count). The first-order chi connectivity index (χ1) is 9.86. The maximum absolute atomic E-state index is 12.9. The summed E-state index contributed by atoms with van der Waals surface area (Å²) in [7, 11) is -0.974. The van der Waals surface area contributed by atoms with Crippen LogP contribution >= 0.6 is 0 Å². The Balaban J connectivity index is 1.88. The van der Waals surface area contributed by atoms with Gasteiger partial charge < -0.3 is 4.90 Å². The smallest absolute Gasteiger partial charge is 0.109 e. The molecule has 0 aromatic heterocycles. The number of anilines is 1. The van der Waals surface area contributed by atoms with E-state index in [1.165, 1.54) is 12.1 Å². The molecule has 0 bridgehead atoms. The first-order valence-electron chi connectivity index (χ1n) is 7.13. The van der Waals surface area contributed by atoms with Gasteiger partial charge in [0.25, 0.3) is 0 Å². The highest BCUT2D eigenvalue weighted by molar-refractivity contribution is 7.85. The van der Waals surface area contributed by atoms with Crippen molar-refractivity contribution in [3.8, 4) is 0 Å². The topological polar surface area (TPSA) is 20.3 Å². The fourth-order valence-electron chi connectivity index (χ4n) is 2.75. The minimum Gasteiger partial charge on any atom is -0.357 e. The van der Waals surface area contributed by atoms with E-state index >= 15 is 0 Å². The molecule has 1 aliphatic heterocycles. The van der Waals surface area contributed by atoms with E-state index in [9.17, 15) is 4.21 Å². The third kappa shape index (κ3) is 2.78. The fourth-order valence-corrected chi connectivity index (χ4v) is 4.33. The zero-order valence-corrected chi connectivity index (χ0v) is 12.3. The third-order valence-electron chi connectivity index (χ3n) is 3.76. The molecule has 1 heterocycles. The van der Waals surface area contributed by atoms with Gasteiger partial charge in [0.05, 0.1) is 10.8 Å². The maximum atomic E-state index is 12.9. The largest absolute Gasteiger partial charge is 0.357 e. The average Bonchev–Trinajstić information content (AvgIpc) is 2.56. The number of para-hydroxylation sites is 1. The van der Waals surface area contributed by atoms with Crippen LogP contribution in [0.1, 0.15) is 19.3 Å². The minimum absolute atomic E-state index is 0.0913. The summed E-state index contributed by atoms with van der Waals surface area (Å²) in [6.07, 6.45) is 3.33. The SMILES string of the molecule is O=S(c1ccccc1)C1CCCCN1c1ccccc1. The first kappa shape index (κ1) is 13.4. The molecule has 2 aromatic rings. The summed E-state index contributed by atoms with van der Waals surface area (Å²) in [5, 5.41) is 0.0913. The monoisotopic (exact) mass is 285 g/mol. The van der Waals surface area contributed by atoms with Gasteiger partial charge in [0.15, 0.2) is 0 Å². The zero-order valence-electron chi connectivity index (χ0n) is 11.4. The Morgan fingerprint density at radius 3 is 2.25 bits per heavy atom. The van der Waals surface area contributed by atoms with E-state index < -0.39 is 10.8 Å². The van der Waals surface area contributed by atoms with Gasteiger partial charge in [0.2, 0.25) is 0 Å². The van der Waals surface area contributed by atoms with Gasteiger partial charge in [-0.25, -0.2) is 0 Å². The van der Waals surface area contributed by atoms with Crippen molar-refractivity contribution >= 4 is 16.5 Å². The second kappa shape index (κ2) is 6.23. The number of hydrogen-bond donors (Lipinski definition) is 0. The molecule has 0 amide bonds. The van der Waals surface area contributed by atoms with Crippen molar-refractivity contribution in [1.29, 1.82) is 0 Å². The Labute approximate surface area is 122 Å². The molecule has 0 aliphatic carbocycles. The quantitative estimate of drug-likeness (QED) is 0.854. The van der Waals surface area contributed by atoms with Gasteiger partial charge in [-0.15, -0.1) is 0 Å². The summed E-state index contributed by atoms with van der Waals surface area (Å²) >= 11 is 0. The number of benzene rings is 2. The van der Waals surface area contributed by atoms with Crippen LogP contribution in [0.25, 0.3) is 0 Å². The van der Waals surface area contributed by atoms with Crippen molar-refractivity contribution in [1.82, 2.24) is 0 Å². The molecule has 0 spiro atoms. The van der Waals surface area contributed by atoms with Crippen LogP contribution in [0.2, 0.25) is 0 Å². The molecule has 0 saturated carbocycles. The third-order valence-corrected chi connectivity index (χ3v) is 5.48. The second-order valence-electron chi connectivity index (χ2n) is 5.09. The van der Waals surface area contributed by atoms with Crippen LogP contribution in [0.3, 0.4) is 0 Å². The molecule has 0 N–H and O–H groups in total. The van der Waals surface area contributed by atoms with Crippen molar-refractivity contribution in [3.05, 3.63) is 60.7 Å². The Morgan fingerprint density at radius 2 is 1.55 bits per heavy atom. The molecule has 2 atom stereocenters. The predicted molar refractivity (Wildman–Crippen MR) is 84.3 cm³/mol. The molecule has 0 radical (unpaired) electrons. The summed E-state index contributed by atoms with van der Waals surface area (Å²) in [6, 6.07) is 20.2. The number of rotatable bonds is 3. The molecule has 2 unspecified atom stereocenters. The zero-order chi connectivity index (χ0) is 13.8. The molecule has 1 saturated heterocycles. The lowest BCUT2D eigenvalue weighted by Gasteiger charge is -2.36. The van der Waals surface area contributed by atoms with Gasteiger partial charge in [-0.1, -0.05) is 36.4 Å². The van der Waals surface area contributed by atoms with Crippen LogP contribution in [-0.2, 0) is 10.8 Å². The lowest BCUT2D eigenvalue weighted by molar-refractivity contribution is 0.536. The van der Waals surface area contributed by atoms with Crippen molar-refractivity contribution in [2.45, 2.75) is 29.5 Å². The van der Waals surface area contributed by atoms with Crippen molar-refractivity contribution < 1.29 is 4.21 Å². The Morgan fingerprint density at radius 1 is 0.900 bits per heavy atom. The highest BCUT2D eigenvalue weighted by Crippen LogP contribution is 2.28. The number of nitrogens with zero attached hydrogens (tertiary/aromatic N) is 1. The van der Waals surface area contributed by atoms with Gasteiger partial charge in [-0.3, -0.25) is 4.21 Å². The van der Waals surface area contributed by atoms with E-state index in [0.29, 0.717) is 0 Å². The van der Waals surface area contributed by atoms with Crippen molar-refractivity contribution in [2.75, 3.05) is 11.4 Å². The number of piperidine rings is 1. The van der Waals surface area contributed by atoms with E-state index in [-0.39, 0.29) is 5.37 Å². The predicted octanol–water partition coefficient (Wildman–Crippen LogP) is 3.81.